The van der Waals surface area contributed by atoms with Gasteiger partial charge in [-0.15, -0.1) is 0 Å². The molecule has 2 aromatic rings. The zero-order chi connectivity index (χ0) is 17.6. The second-order valence-electron chi connectivity index (χ2n) is 6.88. The molecule has 0 saturated heterocycles. The zero-order valence-electron chi connectivity index (χ0n) is 14.8. The van der Waals surface area contributed by atoms with Crippen LogP contribution in [0.5, 0.6) is 0 Å². The quantitative estimate of drug-likeness (QED) is 0.610. The van der Waals surface area contributed by atoms with Gasteiger partial charge >= 0.3 is 0 Å². The first-order valence-corrected chi connectivity index (χ1v) is 10.6. The minimum atomic E-state index is 1.11. The van der Waals surface area contributed by atoms with Crippen LogP contribution in [0.4, 0.5) is 0 Å². The Morgan fingerprint density at radius 2 is 1.20 bits per heavy atom. The lowest BCUT2D eigenvalue weighted by Gasteiger charge is -2.10. The Bertz CT molecular complexity index is 715. The molecule has 0 atom stereocenters. The number of nitrogens with zero attached hydrogens (tertiary/aromatic N) is 1. The highest BCUT2D eigenvalue weighted by Gasteiger charge is 2.10. The summed E-state index contributed by atoms with van der Waals surface area (Å²) in [4.78, 5) is 2.40. The summed E-state index contributed by atoms with van der Waals surface area (Å²) in [7, 11) is 2.20. The molecule has 0 bridgehead atoms. The lowest BCUT2D eigenvalue weighted by Crippen LogP contribution is -2.20. The van der Waals surface area contributed by atoms with Gasteiger partial charge in [0.1, 0.15) is 0 Å². The highest BCUT2D eigenvalue weighted by Crippen LogP contribution is 2.20. The van der Waals surface area contributed by atoms with Crippen molar-refractivity contribution in [2.75, 3.05) is 33.2 Å². The topological polar surface area (TPSA) is 15.3 Å². The molecule has 0 aromatic heterocycles. The predicted molar refractivity (Wildman–Crippen MR) is 113 cm³/mol. The van der Waals surface area contributed by atoms with Crippen LogP contribution in [0, 0.1) is 0 Å². The smallest absolute Gasteiger partial charge is 0.0178 e. The van der Waals surface area contributed by atoms with Crippen LogP contribution in [-0.4, -0.2) is 38.1 Å². The molecule has 0 fully saturated rings. The minimum Gasteiger partial charge on any atom is -0.316 e. The summed E-state index contributed by atoms with van der Waals surface area (Å²) in [6.45, 7) is 4.61. The van der Waals surface area contributed by atoms with E-state index >= 15 is 0 Å². The van der Waals surface area contributed by atoms with Crippen molar-refractivity contribution in [2.45, 2.75) is 25.7 Å². The average Bonchev–Trinajstić information content (AvgIpc) is 2.94. The van der Waals surface area contributed by atoms with Crippen molar-refractivity contribution in [3.8, 4) is 0 Å². The van der Waals surface area contributed by atoms with E-state index in [1.807, 2.05) is 0 Å². The molecule has 0 aliphatic carbocycles. The van der Waals surface area contributed by atoms with Crippen LogP contribution >= 0.6 is 31.9 Å². The maximum absolute atomic E-state index is 3.52. The van der Waals surface area contributed by atoms with Crippen molar-refractivity contribution in [1.29, 1.82) is 0 Å². The highest BCUT2D eigenvalue weighted by molar-refractivity contribution is 9.10. The van der Waals surface area contributed by atoms with Crippen molar-refractivity contribution < 1.29 is 0 Å². The summed E-state index contributed by atoms with van der Waals surface area (Å²) in [5, 5.41) is 3.40. The Kier molecular flexibility index (Phi) is 7.11. The van der Waals surface area contributed by atoms with Crippen LogP contribution in [-0.2, 0) is 25.7 Å². The van der Waals surface area contributed by atoms with E-state index in [2.05, 4.69) is 85.5 Å². The standard InChI is InChI=1S/C11H14BrN.C10H12BrN/c1-13-6-4-9-2-3-11(12)8-10(9)5-7-13;11-10-2-1-8-3-5-12-6-4-9(8)7-10/h2-3,8H,4-7H2,1H3;1-2,7,12H,3-6H2. The Labute approximate surface area is 168 Å². The van der Waals surface area contributed by atoms with E-state index in [0.717, 1.165) is 19.5 Å². The Morgan fingerprint density at radius 1 is 0.720 bits per heavy atom. The van der Waals surface area contributed by atoms with Crippen molar-refractivity contribution in [1.82, 2.24) is 10.2 Å². The summed E-state index contributed by atoms with van der Waals surface area (Å²) in [5.74, 6) is 0. The first-order valence-electron chi connectivity index (χ1n) is 9.06. The van der Waals surface area contributed by atoms with Gasteiger partial charge in [0.25, 0.3) is 0 Å². The number of benzene rings is 2. The lowest BCUT2D eigenvalue weighted by atomic mass is 10.0. The Balaban J connectivity index is 0.000000146. The van der Waals surface area contributed by atoms with Crippen molar-refractivity contribution in [3.63, 3.8) is 0 Å². The van der Waals surface area contributed by atoms with Crippen molar-refractivity contribution >= 4 is 31.9 Å². The number of hydrogen-bond acceptors (Lipinski definition) is 2. The molecule has 4 heteroatoms. The fraction of sp³-hybridized carbons (Fsp3) is 0.429. The summed E-state index contributed by atoms with van der Waals surface area (Å²) in [6, 6.07) is 13.2. The van der Waals surface area contributed by atoms with Crippen LogP contribution in [0.25, 0.3) is 0 Å². The van der Waals surface area contributed by atoms with Gasteiger partial charge in [-0.25, -0.2) is 0 Å². The molecule has 0 unspecified atom stereocenters. The van der Waals surface area contributed by atoms with Gasteiger partial charge in [0.05, 0.1) is 0 Å². The third-order valence-corrected chi connectivity index (χ3v) is 5.99. The molecule has 134 valence electrons. The van der Waals surface area contributed by atoms with Crippen molar-refractivity contribution in [2.24, 2.45) is 0 Å². The number of halogens is 2. The number of rotatable bonds is 0. The van der Waals surface area contributed by atoms with Gasteiger partial charge in [0, 0.05) is 22.0 Å². The van der Waals surface area contributed by atoms with Gasteiger partial charge in [0.15, 0.2) is 0 Å². The van der Waals surface area contributed by atoms with Gasteiger partial charge in [0.2, 0.25) is 0 Å². The number of fused-ring (bicyclic) bond motifs is 2. The highest BCUT2D eigenvalue weighted by atomic mass is 79.9. The Morgan fingerprint density at radius 3 is 1.84 bits per heavy atom. The minimum absolute atomic E-state index is 1.11. The summed E-state index contributed by atoms with van der Waals surface area (Å²) in [5.41, 5.74) is 6.03. The molecule has 2 heterocycles. The van der Waals surface area contributed by atoms with E-state index in [9.17, 15) is 0 Å². The zero-order valence-corrected chi connectivity index (χ0v) is 18.0. The third-order valence-electron chi connectivity index (χ3n) is 5.00. The van der Waals surface area contributed by atoms with Gasteiger partial charge in [-0.2, -0.15) is 0 Å². The summed E-state index contributed by atoms with van der Waals surface area (Å²) >= 11 is 7.01. The molecule has 2 aliphatic rings. The van der Waals surface area contributed by atoms with E-state index in [4.69, 9.17) is 0 Å². The maximum Gasteiger partial charge on any atom is 0.0178 e. The molecule has 2 nitrogen and oxygen atoms in total. The van der Waals surface area contributed by atoms with Gasteiger partial charge in [-0.1, -0.05) is 44.0 Å². The number of hydrogen-bond donors (Lipinski definition) is 1. The van der Waals surface area contributed by atoms with Gasteiger partial charge in [-0.05, 0) is 92.3 Å². The third kappa shape index (κ3) is 5.65. The molecule has 0 radical (unpaired) electrons. The molecule has 0 spiro atoms. The Hall–Kier alpha value is -0.680. The van der Waals surface area contributed by atoms with Gasteiger partial charge in [-0.3, -0.25) is 0 Å². The largest absolute Gasteiger partial charge is 0.316 e. The average molecular weight is 466 g/mol. The lowest BCUT2D eigenvalue weighted by molar-refractivity contribution is 0.352. The normalized spacial score (nSPS) is 17.4. The molecular weight excluding hydrogens is 440 g/mol. The second kappa shape index (κ2) is 9.31. The van der Waals surface area contributed by atoms with Crippen LogP contribution < -0.4 is 5.32 Å². The molecule has 25 heavy (non-hydrogen) atoms. The summed E-state index contributed by atoms with van der Waals surface area (Å²) < 4.78 is 2.40. The fourth-order valence-electron chi connectivity index (χ4n) is 3.45. The molecule has 2 aliphatic heterocycles. The second-order valence-corrected chi connectivity index (χ2v) is 8.71. The van der Waals surface area contributed by atoms with Crippen LogP contribution in [0.1, 0.15) is 22.3 Å². The van der Waals surface area contributed by atoms with E-state index in [0.29, 0.717) is 0 Å². The van der Waals surface area contributed by atoms with E-state index in [1.54, 1.807) is 0 Å². The SMILES string of the molecule is Brc1ccc2c(c1)CCNCC2.CN1CCc2ccc(Br)cc2CC1. The molecule has 2 aromatic carbocycles. The van der Waals surface area contributed by atoms with Crippen molar-refractivity contribution in [3.05, 3.63) is 67.6 Å². The molecule has 4 rings (SSSR count). The molecular formula is C21H26Br2N2. The molecule has 0 amide bonds. The summed E-state index contributed by atoms with van der Waals surface area (Å²) in [6.07, 6.45) is 4.71. The van der Waals surface area contributed by atoms with Crippen LogP contribution in [0.3, 0.4) is 0 Å². The van der Waals surface area contributed by atoms with Crippen LogP contribution in [0.15, 0.2) is 45.3 Å². The number of nitrogens with one attached hydrogen (secondary N) is 1. The first kappa shape index (κ1) is 19.1. The molecule has 0 saturated carbocycles. The monoisotopic (exact) mass is 464 g/mol. The number of likely N-dealkylation sites (N-methyl/N-ethyl adjacent to an activating group) is 1. The molecule has 1 N–H and O–H groups in total. The van der Waals surface area contributed by atoms with Gasteiger partial charge < -0.3 is 10.2 Å². The maximum atomic E-state index is 3.52. The van der Waals surface area contributed by atoms with Crippen LogP contribution in [0.2, 0.25) is 0 Å². The first-order chi connectivity index (χ1) is 12.1. The fourth-order valence-corrected chi connectivity index (χ4v) is 4.26. The van der Waals surface area contributed by atoms with E-state index < -0.39 is 0 Å². The predicted octanol–water partition coefficient (Wildman–Crippen LogP) is 4.62. The van der Waals surface area contributed by atoms with E-state index in [-0.39, 0.29) is 0 Å². The van der Waals surface area contributed by atoms with E-state index in [1.165, 1.54) is 63.6 Å².